The molecule has 6 aromatic rings. The minimum absolute atomic E-state index is 0.216. The lowest BCUT2D eigenvalue weighted by Gasteiger charge is -2.09. The number of fused-ring (bicyclic) bond motifs is 3. The van der Waals surface area contributed by atoms with Gasteiger partial charge < -0.3 is 9.72 Å². The minimum atomic E-state index is -0.216. The van der Waals surface area contributed by atoms with Crippen molar-refractivity contribution >= 4 is 38.5 Å². The lowest BCUT2D eigenvalue weighted by atomic mass is 10.0. The third-order valence-corrected chi connectivity index (χ3v) is 6.45. The Hall–Kier alpha value is -4.44. The highest BCUT2D eigenvalue weighted by atomic mass is 16.5. The number of pyridine rings is 1. The summed E-state index contributed by atoms with van der Waals surface area (Å²) in [6.45, 7) is 0. The van der Waals surface area contributed by atoms with Crippen molar-refractivity contribution in [1.82, 2.24) is 9.97 Å². The molecule has 170 valence electrons. The number of benzene rings is 4. The molecule has 0 atom stereocenters. The summed E-state index contributed by atoms with van der Waals surface area (Å²) in [7, 11) is 0. The number of esters is 1. The number of aryl methyl sites for hydroxylation is 1. The summed E-state index contributed by atoms with van der Waals surface area (Å²) in [6.07, 6.45) is 1.78. The molecule has 35 heavy (non-hydrogen) atoms. The molecule has 4 aromatic carbocycles. The number of ether oxygens (including phenoxy) is 1. The molecule has 0 amide bonds. The van der Waals surface area contributed by atoms with Gasteiger partial charge in [0.2, 0.25) is 0 Å². The van der Waals surface area contributed by atoms with Crippen LogP contribution in [0.2, 0.25) is 0 Å². The molecule has 1 N–H and O–H groups in total. The molecule has 0 aliphatic carbocycles. The van der Waals surface area contributed by atoms with Gasteiger partial charge in [-0.1, -0.05) is 78.9 Å². The van der Waals surface area contributed by atoms with Crippen LogP contribution >= 0.6 is 0 Å². The van der Waals surface area contributed by atoms with E-state index in [4.69, 9.17) is 9.72 Å². The molecule has 4 nitrogen and oxygen atoms in total. The second kappa shape index (κ2) is 9.07. The number of hydrogen-bond donors (Lipinski definition) is 1. The summed E-state index contributed by atoms with van der Waals surface area (Å²) in [6, 6.07) is 34.3. The van der Waals surface area contributed by atoms with E-state index in [0.717, 1.165) is 45.0 Å². The van der Waals surface area contributed by atoms with Crippen molar-refractivity contribution in [1.29, 1.82) is 0 Å². The van der Waals surface area contributed by atoms with E-state index in [-0.39, 0.29) is 5.97 Å². The first kappa shape index (κ1) is 21.1. The number of para-hydroxylation sites is 2. The zero-order chi connectivity index (χ0) is 23.6. The zero-order valence-electron chi connectivity index (χ0n) is 19.2. The Morgan fingerprint density at radius 1 is 0.743 bits per heavy atom. The van der Waals surface area contributed by atoms with E-state index in [2.05, 4.69) is 35.3 Å². The van der Waals surface area contributed by atoms with Crippen LogP contribution in [0.3, 0.4) is 0 Å². The summed E-state index contributed by atoms with van der Waals surface area (Å²) in [4.78, 5) is 21.2. The Balaban J connectivity index is 1.24. The summed E-state index contributed by atoms with van der Waals surface area (Å²) >= 11 is 0. The molecule has 0 radical (unpaired) electrons. The standard InChI is InChI=1S/C31H24N2O2/c34-30(35-29-17-7-11-21-9-1-3-12-23(21)29)18-8-14-25-24-13-4-6-16-27(24)33-31(25)28-20-19-22-10-2-5-15-26(22)32-28/h1-7,9-13,15-17,19-20,33H,8,14,18H2. The number of carbonyl (C=O) groups is 1. The predicted molar refractivity (Wildman–Crippen MR) is 142 cm³/mol. The van der Waals surface area contributed by atoms with Crippen molar-refractivity contribution in [3.05, 3.63) is 109 Å². The quantitative estimate of drug-likeness (QED) is 0.209. The van der Waals surface area contributed by atoms with Gasteiger partial charge in [0.25, 0.3) is 0 Å². The number of rotatable bonds is 6. The first-order valence-electron chi connectivity index (χ1n) is 11.9. The van der Waals surface area contributed by atoms with Crippen LogP contribution in [0.5, 0.6) is 5.75 Å². The van der Waals surface area contributed by atoms with Gasteiger partial charge in [-0.25, -0.2) is 4.98 Å². The van der Waals surface area contributed by atoms with Crippen LogP contribution in [-0.2, 0) is 11.2 Å². The van der Waals surface area contributed by atoms with Crippen LogP contribution < -0.4 is 4.74 Å². The Bertz CT molecular complexity index is 1680. The summed E-state index contributed by atoms with van der Waals surface area (Å²) in [5.41, 5.74) is 5.15. The average Bonchev–Trinajstić information content (AvgIpc) is 3.27. The first-order valence-corrected chi connectivity index (χ1v) is 11.9. The Morgan fingerprint density at radius 2 is 1.49 bits per heavy atom. The lowest BCUT2D eigenvalue weighted by molar-refractivity contribution is -0.134. The van der Waals surface area contributed by atoms with Crippen molar-refractivity contribution in [3.8, 4) is 17.1 Å². The lowest BCUT2D eigenvalue weighted by Crippen LogP contribution is -2.08. The summed E-state index contributed by atoms with van der Waals surface area (Å²) in [5.74, 6) is 0.396. The number of aromatic nitrogens is 2. The fourth-order valence-electron chi connectivity index (χ4n) is 4.75. The number of carbonyl (C=O) groups excluding carboxylic acids is 1. The Labute approximate surface area is 203 Å². The van der Waals surface area contributed by atoms with E-state index in [0.29, 0.717) is 18.6 Å². The summed E-state index contributed by atoms with van der Waals surface area (Å²) < 4.78 is 5.74. The van der Waals surface area contributed by atoms with Crippen LogP contribution in [-0.4, -0.2) is 15.9 Å². The van der Waals surface area contributed by atoms with Crippen molar-refractivity contribution < 1.29 is 9.53 Å². The second-order valence-corrected chi connectivity index (χ2v) is 8.72. The number of nitrogens with zero attached hydrogens (tertiary/aromatic N) is 1. The third-order valence-electron chi connectivity index (χ3n) is 6.45. The largest absolute Gasteiger partial charge is 0.426 e. The molecule has 0 unspecified atom stereocenters. The van der Waals surface area contributed by atoms with Gasteiger partial charge in [-0.3, -0.25) is 4.79 Å². The average molecular weight is 457 g/mol. The van der Waals surface area contributed by atoms with Gasteiger partial charge >= 0.3 is 5.97 Å². The molecule has 2 heterocycles. The van der Waals surface area contributed by atoms with E-state index in [1.165, 1.54) is 10.9 Å². The van der Waals surface area contributed by atoms with Gasteiger partial charge in [0.05, 0.1) is 16.9 Å². The second-order valence-electron chi connectivity index (χ2n) is 8.72. The van der Waals surface area contributed by atoms with Crippen LogP contribution in [0.15, 0.2) is 103 Å². The third kappa shape index (κ3) is 4.15. The maximum absolute atomic E-state index is 12.7. The topological polar surface area (TPSA) is 55.0 Å². The van der Waals surface area contributed by atoms with Gasteiger partial charge in [0.15, 0.2) is 0 Å². The van der Waals surface area contributed by atoms with Crippen LogP contribution in [0.1, 0.15) is 18.4 Å². The minimum Gasteiger partial charge on any atom is -0.426 e. The molecular formula is C31H24N2O2. The highest BCUT2D eigenvalue weighted by Gasteiger charge is 2.16. The molecule has 0 aliphatic rings. The molecular weight excluding hydrogens is 432 g/mol. The van der Waals surface area contributed by atoms with E-state index in [9.17, 15) is 4.79 Å². The maximum atomic E-state index is 12.7. The van der Waals surface area contributed by atoms with Crippen molar-refractivity contribution in [2.75, 3.05) is 0 Å². The van der Waals surface area contributed by atoms with Crippen LogP contribution in [0, 0.1) is 0 Å². The van der Waals surface area contributed by atoms with Gasteiger partial charge in [-0.15, -0.1) is 0 Å². The van der Waals surface area contributed by atoms with Gasteiger partial charge in [-0.2, -0.15) is 0 Å². The monoisotopic (exact) mass is 456 g/mol. The molecule has 0 saturated heterocycles. The predicted octanol–water partition coefficient (Wildman–Crippen LogP) is 7.46. The summed E-state index contributed by atoms with van der Waals surface area (Å²) in [5, 5.41) is 4.29. The van der Waals surface area contributed by atoms with E-state index >= 15 is 0 Å². The highest BCUT2D eigenvalue weighted by Crippen LogP contribution is 2.32. The first-order chi connectivity index (χ1) is 17.3. The molecule has 0 spiro atoms. The molecule has 0 fully saturated rings. The van der Waals surface area contributed by atoms with Crippen LogP contribution in [0.4, 0.5) is 0 Å². The molecule has 2 aromatic heterocycles. The fourth-order valence-corrected chi connectivity index (χ4v) is 4.75. The molecule has 6 rings (SSSR count). The van der Waals surface area contributed by atoms with Gasteiger partial charge in [0.1, 0.15) is 5.75 Å². The van der Waals surface area contributed by atoms with E-state index in [1.807, 2.05) is 72.8 Å². The van der Waals surface area contributed by atoms with Crippen molar-refractivity contribution in [2.45, 2.75) is 19.3 Å². The Morgan fingerprint density at radius 3 is 2.40 bits per heavy atom. The molecule has 4 heteroatoms. The SMILES string of the molecule is O=C(CCCc1c(-c2ccc3ccccc3n2)[nH]c2ccccc12)Oc1cccc2ccccc12. The Kier molecular flexibility index (Phi) is 5.47. The number of aromatic amines is 1. The smallest absolute Gasteiger partial charge is 0.311 e. The fraction of sp³-hybridized carbons (Fsp3) is 0.0968. The van der Waals surface area contributed by atoms with Gasteiger partial charge in [0, 0.05) is 28.1 Å². The normalized spacial score (nSPS) is 11.3. The maximum Gasteiger partial charge on any atom is 0.311 e. The highest BCUT2D eigenvalue weighted by molar-refractivity contribution is 5.92. The van der Waals surface area contributed by atoms with Gasteiger partial charge in [-0.05, 0) is 48.1 Å². The molecule has 0 aliphatic heterocycles. The molecule has 0 saturated carbocycles. The number of H-pyrrole nitrogens is 1. The molecule has 0 bridgehead atoms. The van der Waals surface area contributed by atoms with Crippen molar-refractivity contribution in [3.63, 3.8) is 0 Å². The number of nitrogens with one attached hydrogen (secondary N) is 1. The van der Waals surface area contributed by atoms with Crippen molar-refractivity contribution in [2.24, 2.45) is 0 Å². The van der Waals surface area contributed by atoms with E-state index < -0.39 is 0 Å². The zero-order valence-corrected chi connectivity index (χ0v) is 19.2. The van der Waals surface area contributed by atoms with Crippen LogP contribution in [0.25, 0.3) is 44.0 Å². The van der Waals surface area contributed by atoms with E-state index in [1.54, 1.807) is 0 Å². The number of hydrogen-bond acceptors (Lipinski definition) is 3.